The van der Waals surface area contributed by atoms with Gasteiger partial charge in [0.1, 0.15) is 22.8 Å². The highest BCUT2D eigenvalue weighted by Gasteiger charge is 2.33. The largest absolute Gasteiger partial charge is 0.433 e. The molecule has 0 spiro atoms. The highest BCUT2D eigenvalue weighted by molar-refractivity contribution is 6.30. The van der Waals surface area contributed by atoms with Crippen molar-refractivity contribution < 1.29 is 22.7 Å². The van der Waals surface area contributed by atoms with E-state index in [1.165, 1.54) is 18.2 Å². The number of aliphatic hydroxyl groups is 1. The summed E-state index contributed by atoms with van der Waals surface area (Å²) in [5.41, 5.74) is -1.35. The van der Waals surface area contributed by atoms with Crippen molar-refractivity contribution in [1.29, 1.82) is 0 Å². The van der Waals surface area contributed by atoms with Gasteiger partial charge in [-0.05, 0) is 12.1 Å². The molecule has 1 atom stereocenters. The summed E-state index contributed by atoms with van der Waals surface area (Å²) in [6.07, 6.45) is -6.12. The first-order valence-corrected chi connectivity index (χ1v) is 5.84. The van der Waals surface area contributed by atoms with E-state index in [0.717, 1.165) is 12.1 Å². The Hall–Kier alpha value is -1.66. The molecule has 0 aliphatic heterocycles. The standard InChI is InChI=1S/C13H8ClF4NO/c14-12-8(5-6-10(19-12)13(16,17)18)11(20)7-3-1-2-4-9(7)15/h1-6,11,20H. The van der Waals surface area contributed by atoms with Gasteiger partial charge in [-0.1, -0.05) is 35.9 Å². The Kier molecular flexibility index (Phi) is 3.96. The Morgan fingerprint density at radius 2 is 1.70 bits per heavy atom. The van der Waals surface area contributed by atoms with Crippen LogP contribution in [-0.4, -0.2) is 10.1 Å². The Bertz CT molecular complexity index is 630. The summed E-state index contributed by atoms with van der Waals surface area (Å²) < 4.78 is 50.9. The van der Waals surface area contributed by atoms with Crippen LogP contribution in [0.5, 0.6) is 0 Å². The van der Waals surface area contributed by atoms with E-state index >= 15 is 0 Å². The van der Waals surface area contributed by atoms with Crippen LogP contribution >= 0.6 is 11.6 Å². The lowest BCUT2D eigenvalue weighted by Crippen LogP contribution is -2.10. The number of aliphatic hydroxyl groups excluding tert-OH is 1. The number of benzene rings is 1. The van der Waals surface area contributed by atoms with E-state index in [2.05, 4.69) is 4.98 Å². The third-order valence-electron chi connectivity index (χ3n) is 2.66. The summed E-state index contributed by atoms with van der Waals surface area (Å²) in [6, 6.07) is 7.03. The SMILES string of the molecule is OC(c1ccccc1F)c1ccc(C(F)(F)F)nc1Cl. The van der Waals surface area contributed by atoms with E-state index in [9.17, 15) is 22.7 Å². The molecule has 0 radical (unpaired) electrons. The van der Waals surface area contributed by atoms with Crippen LogP contribution in [0.4, 0.5) is 17.6 Å². The van der Waals surface area contributed by atoms with Gasteiger partial charge in [0.05, 0.1) is 0 Å². The number of hydrogen-bond acceptors (Lipinski definition) is 2. The van der Waals surface area contributed by atoms with Crippen molar-refractivity contribution >= 4 is 11.6 Å². The van der Waals surface area contributed by atoms with Gasteiger partial charge < -0.3 is 5.11 Å². The molecule has 106 valence electrons. The van der Waals surface area contributed by atoms with Crippen LogP contribution in [0.3, 0.4) is 0 Å². The van der Waals surface area contributed by atoms with E-state index in [1.54, 1.807) is 0 Å². The predicted molar refractivity (Wildman–Crippen MR) is 64.7 cm³/mol. The third-order valence-corrected chi connectivity index (χ3v) is 2.97. The first-order valence-electron chi connectivity index (χ1n) is 5.47. The topological polar surface area (TPSA) is 33.1 Å². The summed E-state index contributed by atoms with van der Waals surface area (Å²) in [5, 5.41) is 9.48. The molecule has 2 rings (SSSR count). The van der Waals surface area contributed by atoms with E-state index < -0.39 is 28.9 Å². The van der Waals surface area contributed by atoms with Crippen molar-refractivity contribution in [1.82, 2.24) is 4.98 Å². The maximum Gasteiger partial charge on any atom is 0.433 e. The highest BCUT2D eigenvalue weighted by atomic mass is 35.5. The minimum absolute atomic E-state index is 0.0871. The minimum atomic E-state index is -4.63. The lowest BCUT2D eigenvalue weighted by Gasteiger charge is -2.14. The van der Waals surface area contributed by atoms with Gasteiger partial charge in [0.15, 0.2) is 0 Å². The van der Waals surface area contributed by atoms with Crippen LogP contribution in [0.2, 0.25) is 5.15 Å². The van der Waals surface area contributed by atoms with Crippen molar-refractivity contribution in [2.24, 2.45) is 0 Å². The molecular weight excluding hydrogens is 298 g/mol. The molecule has 2 aromatic rings. The smallest absolute Gasteiger partial charge is 0.383 e. The molecule has 0 saturated carbocycles. The number of halogens is 5. The van der Waals surface area contributed by atoms with Gasteiger partial charge in [0.2, 0.25) is 0 Å². The lowest BCUT2D eigenvalue weighted by atomic mass is 10.0. The van der Waals surface area contributed by atoms with Crippen LogP contribution < -0.4 is 0 Å². The molecule has 0 aliphatic carbocycles. The zero-order valence-corrected chi connectivity index (χ0v) is 10.6. The Labute approximate surface area is 116 Å². The van der Waals surface area contributed by atoms with Crippen molar-refractivity contribution in [3.63, 3.8) is 0 Å². The average Bonchev–Trinajstić information content (AvgIpc) is 2.37. The molecule has 0 amide bonds. The van der Waals surface area contributed by atoms with Gasteiger partial charge >= 0.3 is 6.18 Å². The molecule has 1 aromatic carbocycles. The molecular formula is C13H8ClF4NO. The molecule has 2 nitrogen and oxygen atoms in total. The van der Waals surface area contributed by atoms with E-state index in [1.807, 2.05) is 0 Å². The second kappa shape index (κ2) is 5.38. The second-order valence-electron chi connectivity index (χ2n) is 4.00. The molecule has 0 saturated heterocycles. The van der Waals surface area contributed by atoms with Crippen LogP contribution in [0.25, 0.3) is 0 Å². The van der Waals surface area contributed by atoms with Crippen molar-refractivity contribution in [2.75, 3.05) is 0 Å². The number of hydrogen-bond donors (Lipinski definition) is 1. The number of pyridine rings is 1. The second-order valence-corrected chi connectivity index (χ2v) is 4.36. The number of aromatic nitrogens is 1. The summed E-state index contributed by atoms with van der Waals surface area (Å²) in [5.74, 6) is -0.684. The number of nitrogens with zero attached hydrogens (tertiary/aromatic N) is 1. The zero-order valence-electron chi connectivity index (χ0n) is 9.83. The fourth-order valence-electron chi connectivity index (χ4n) is 1.67. The third kappa shape index (κ3) is 2.91. The number of rotatable bonds is 2. The Balaban J connectivity index is 2.42. The van der Waals surface area contributed by atoms with E-state index in [-0.39, 0.29) is 11.1 Å². The lowest BCUT2D eigenvalue weighted by molar-refractivity contribution is -0.141. The van der Waals surface area contributed by atoms with E-state index in [0.29, 0.717) is 6.07 Å². The summed E-state index contributed by atoms with van der Waals surface area (Å²) in [7, 11) is 0. The highest BCUT2D eigenvalue weighted by Crippen LogP contribution is 2.33. The van der Waals surface area contributed by atoms with Crippen LogP contribution in [-0.2, 0) is 6.18 Å². The first-order chi connectivity index (χ1) is 9.30. The first kappa shape index (κ1) is 14.7. The Morgan fingerprint density at radius 1 is 1.05 bits per heavy atom. The van der Waals surface area contributed by atoms with Gasteiger partial charge in [0, 0.05) is 11.1 Å². The zero-order chi connectivity index (χ0) is 14.9. The molecule has 0 fully saturated rings. The van der Waals surface area contributed by atoms with Crippen molar-refractivity contribution in [3.05, 3.63) is 64.2 Å². The summed E-state index contributed by atoms with van der Waals surface area (Å²) in [4.78, 5) is 3.18. The van der Waals surface area contributed by atoms with Crippen LogP contribution in [0.15, 0.2) is 36.4 Å². The van der Waals surface area contributed by atoms with Gasteiger partial charge in [-0.3, -0.25) is 0 Å². The molecule has 20 heavy (non-hydrogen) atoms. The maximum absolute atomic E-state index is 13.5. The quantitative estimate of drug-likeness (QED) is 0.672. The summed E-state index contributed by atoms with van der Waals surface area (Å²) >= 11 is 5.64. The molecule has 1 N–H and O–H groups in total. The fourth-order valence-corrected chi connectivity index (χ4v) is 1.93. The monoisotopic (exact) mass is 305 g/mol. The maximum atomic E-state index is 13.5. The molecule has 1 aromatic heterocycles. The molecule has 0 bridgehead atoms. The average molecular weight is 306 g/mol. The molecule has 0 aliphatic rings. The van der Waals surface area contributed by atoms with Crippen molar-refractivity contribution in [2.45, 2.75) is 12.3 Å². The van der Waals surface area contributed by atoms with Crippen LogP contribution in [0, 0.1) is 5.82 Å². The fraction of sp³-hybridized carbons (Fsp3) is 0.154. The molecule has 1 unspecified atom stereocenters. The van der Waals surface area contributed by atoms with Crippen LogP contribution in [0.1, 0.15) is 22.9 Å². The molecule has 7 heteroatoms. The summed E-state index contributed by atoms with van der Waals surface area (Å²) in [6.45, 7) is 0. The van der Waals surface area contributed by atoms with Crippen molar-refractivity contribution in [3.8, 4) is 0 Å². The van der Waals surface area contributed by atoms with Gasteiger partial charge in [-0.2, -0.15) is 13.2 Å². The van der Waals surface area contributed by atoms with Gasteiger partial charge in [-0.25, -0.2) is 9.37 Å². The number of alkyl halides is 3. The Morgan fingerprint density at radius 3 is 2.25 bits per heavy atom. The predicted octanol–water partition coefficient (Wildman–Crippen LogP) is 3.97. The van der Waals surface area contributed by atoms with E-state index in [4.69, 9.17) is 11.6 Å². The minimum Gasteiger partial charge on any atom is -0.383 e. The normalized spacial score (nSPS) is 13.3. The molecule has 1 heterocycles. The van der Waals surface area contributed by atoms with Gasteiger partial charge in [-0.15, -0.1) is 0 Å². The van der Waals surface area contributed by atoms with Gasteiger partial charge in [0.25, 0.3) is 0 Å².